The van der Waals surface area contributed by atoms with Crippen LogP contribution in [0.5, 0.6) is 0 Å². The predicted octanol–water partition coefficient (Wildman–Crippen LogP) is 1.84. The number of likely N-dealkylation sites (tertiary alicyclic amines) is 1. The van der Waals surface area contributed by atoms with E-state index in [1.54, 1.807) is 4.90 Å². The average Bonchev–Trinajstić information content (AvgIpc) is 2.94. The Bertz CT molecular complexity index is 311. The Hall–Kier alpha value is -0.900. The Kier molecular flexibility index (Phi) is 4.75. The van der Waals surface area contributed by atoms with Crippen LogP contribution in [0.4, 0.5) is 0 Å². The fourth-order valence-corrected chi connectivity index (χ4v) is 3.01. The number of imide groups is 1. The van der Waals surface area contributed by atoms with Crippen molar-refractivity contribution in [2.75, 3.05) is 6.54 Å². The Morgan fingerprint density at radius 2 is 1.94 bits per heavy atom. The van der Waals surface area contributed by atoms with Crippen molar-refractivity contribution >= 4 is 11.8 Å². The third kappa shape index (κ3) is 2.91. The van der Waals surface area contributed by atoms with Crippen LogP contribution >= 0.6 is 0 Å². The third-order valence-electron chi connectivity index (χ3n) is 4.04. The number of nitrogens with zero attached hydrogens (tertiary/aromatic N) is 1. The van der Waals surface area contributed by atoms with E-state index in [2.05, 4.69) is 12.2 Å². The van der Waals surface area contributed by atoms with Gasteiger partial charge < -0.3 is 5.32 Å². The molecule has 1 aliphatic heterocycles. The van der Waals surface area contributed by atoms with Gasteiger partial charge in [0, 0.05) is 6.04 Å². The Morgan fingerprint density at radius 1 is 1.22 bits per heavy atom. The van der Waals surface area contributed by atoms with Crippen LogP contribution in [0.15, 0.2) is 0 Å². The standard InChI is InChI=1S/C14H24N2O2/c1-2-3-6-9-15-12-10-13(17)16(14(12)18)11-7-4-5-8-11/h11-12,15H,2-10H2,1H3. The lowest BCUT2D eigenvalue weighted by atomic mass is 10.2. The van der Waals surface area contributed by atoms with Gasteiger partial charge in [-0.2, -0.15) is 0 Å². The van der Waals surface area contributed by atoms with Gasteiger partial charge in [-0.05, 0) is 25.8 Å². The van der Waals surface area contributed by atoms with E-state index in [1.165, 1.54) is 12.8 Å². The highest BCUT2D eigenvalue weighted by molar-refractivity contribution is 6.05. The summed E-state index contributed by atoms with van der Waals surface area (Å²) in [5, 5.41) is 3.24. The molecule has 2 amide bonds. The number of unbranched alkanes of at least 4 members (excludes halogenated alkanes) is 2. The zero-order valence-electron chi connectivity index (χ0n) is 11.3. The first-order chi connectivity index (χ1) is 8.74. The molecule has 1 N–H and O–H groups in total. The van der Waals surface area contributed by atoms with E-state index in [0.29, 0.717) is 6.42 Å². The van der Waals surface area contributed by atoms with Crippen molar-refractivity contribution in [3.63, 3.8) is 0 Å². The zero-order chi connectivity index (χ0) is 13.0. The first-order valence-corrected chi connectivity index (χ1v) is 7.33. The van der Waals surface area contributed by atoms with E-state index in [1.807, 2.05) is 0 Å². The van der Waals surface area contributed by atoms with Gasteiger partial charge in [0.15, 0.2) is 0 Å². The molecule has 0 aromatic carbocycles. The quantitative estimate of drug-likeness (QED) is 0.579. The summed E-state index contributed by atoms with van der Waals surface area (Å²) in [5.74, 6) is 0.0447. The molecular weight excluding hydrogens is 228 g/mol. The van der Waals surface area contributed by atoms with Crippen molar-refractivity contribution in [3.8, 4) is 0 Å². The molecule has 1 atom stereocenters. The summed E-state index contributed by atoms with van der Waals surface area (Å²) in [5.41, 5.74) is 0. The van der Waals surface area contributed by atoms with Crippen molar-refractivity contribution in [1.82, 2.24) is 10.2 Å². The number of rotatable bonds is 6. The lowest BCUT2D eigenvalue weighted by Gasteiger charge is -2.22. The molecule has 2 rings (SSSR count). The van der Waals surface area contributed by atoms with Crippen LogP contribution in [-0.2, 0) is 9.59 Å². The minimum absolute atomic E-state index is 0.0170. The molecule has 18 heavy (non-hydrogen) atoms. The lowest BCUT2D eigenvalue weighted by molar-refractivity contribution is -0.141. The number of nitrogens with one attached hydrogen (secondary N) is 1. The zero-order valence-corrected chi connectivity index (χ0v) is 11.3. The van der Waals surface area contributed by atoms with Gasteiger partial charge in [0.05, 0.1) is 12.5 Å². The van der Waals surface area contributed by atoms with Crippen molar-refractivity contribution in [1.29, 1.82) is 0 Å². The maximum atomic E-state index is 12.2. The molecule has 0 bridgehead atoms. The second-order valence-corrected chi connectivity index (χ2v) is 5.46. The Labute approximate surface area is 109 Å². The molecule has 0 aromatic heterocycles. The van der Waals surface area contributed by atoms with Crippen LogP contribution in [0.3, 0.4) is 0 Å². The second kappa shape index (κ2) is 6.32. The molecule has 1 saturated heterocycles. The summed E-state index contributed by atoms with van der Waals surface area (Å²) in [4.78, 5) is 25.7. The van der Waals surface area contributed by atoms with Crippen LogP contribution in [-0.4, -0.2) is 35.3 Å². The van der Waals surface area contributed by atoms with E-state index in [9.17, 15) is 9.59 Å². The highest BCUT2D eigenvalue weighted by Gasteiger charge is 2.42. The molecule has 2 aliphatic rings. The molecule has 1 aliphatic carbocycles. The largest absolute Gasteiger partial charge is 0.305 e. The van der Waals surface area contributed by atoms with Crippen molar-refractivity contribution in [2.45, 2.75) is 70.4 Å². The summed E-state index contributed by atoms with van der Waals surface area (Å²) < 4.78 is 0. The number of hydrogen-bond donors (Lipinski definition) is 1. The lowest BCUT2D eigenvalue weighted by Crippen LogP contribution is -2.43. The van der Waals surface area contributed by atoms with E-state index >= 15 is 0 Å². The molecule has 0 radical (unpaired) electrons. The normalized spacial score (nSPS) is 25.4. The van der Waals surface area contributed by atoms with Crippen LogP contribution < -0.4 is 5.32 Å². The molecule has 4 nitrogen and oxygen atoms in total. The van der Waals surface area contributed by atoms with Crippen LogP contribution in [0.1, 0.15) is 58.3 Å². The minimum atomic E-state index is -0.255. The summed E-state index contributed by atoms with van der Waals surface area (Å²) in [6.07, 6.45) is 8.09. The number of hydrogen-bond acceptors (Lipinski definition) is 3. The van der Waals surface area contributed by atoms with E-state index < -0.39 is 0 Å². The average molecular weight is 252 g/mol. The molecule has 4 heteroatoms. The van der Waals surface area contributed by atoms with E-state index in [4.69, 9.17) is 0 Å². The van der Waals surface area contributed by atoms with E-state index in [0.717, 1.165) is 38.6 Å². The molecule has 2 fully saturated rings. The van der Waals surface area contributed by atoms with Crippen molar-refractivity contribution < 1.29 is 9.59 Å². The van der Waals surface area contributed by atoms with Crippen molar-refractivity contribution in [2.24, 2.45) is 0 Å². The number of amides is 2. The van der Waals surface area contributed by atoms with Gasteiger partial charge in [0.25, 0.3) is 0 Å². The molecule has 0 aromatic rings. The van der Waals surface area contributed by atoms with Crippen LogP contribution in [0.2, 0.25) is 0 Å². The second-order valence-electron chi connectivity index (χ2n) is 5.46. The third-order valence-corrected chi connectivity index (χ3v) is 4.04. The minimum Gasteiger partial charge on any atom is -0.305 e. The van der Waals surface area contributed by atoms with Gasteiger partial charge in [-0.3, -0.25) is 14.5 Å². The molecule has 0 spiro atoms. The van der Waals surface area contributed by atoms with Crippen LogP contribution in [0, 0.1) is 0 Å². The van der Waals surface area contributed by atoms with Gasteiger partial charge in [-0.1, -0.05) is 32.6 Å². The number of carbonyl (C=O) groups is 2. The fourth-order valence-electron chi connectivity index (χ4n) is 3.01. The van der Waals surface area contributed by atoms with Gasteiger partial charge in [-0.15, -0.1) is 0 Å². The Morgan fingerprint density at radius 3 is 2.61 bits per heavy atom. The first-order valence-electron chi connectivity index (χ1n) is 7.33. The maximum Gasteiger partial charge on any atom is 0.247 e. The van der Waals surface area contributed by atoms with Gasteiger partial charge >= 0.3 is 0 Å². The summed E-state index contributed by atoms with van der Waals surface area (Å²) in [6, 6.07) is -0.0672. The van der Waals surface area contributed by atoms with Gasteiger partial charge in [-0.25, -0.2) is 0 Å². The Balaban J connectivity index is 1.84. The predicted molar refractivity (Wildman–Crippen MR) is 70.0 cm³/mol. The molecule has 1 saturated carbocycles. The van der Waals surface area contributed by atoms with Gasteiger partial charge in [0.1, 0.15) is 0 Å². The highest BCUT2D eigenvalue weighted by atomic mass is 16.2. The van der Waals surface area contributed by atoms with Crippen LogP contribution in [0.25, 0.3) is 0 Å². The van der Waals surface area contributed by atoms with Crippen molar-refractivity contribution in [3.05, 3.63) is 0 Å². The highest BCUT2D eigenvalue weighted by Crippen LogP contribution is 2.28. The number of carbonyl (C=O) groups excluding carboxylic acids is 2. The smallest absolute Gasteiger partial charge is 0.247 e. The maximum absolute atomic E-state index is 12.2. The topological polar surface area (TPSA) is 49.4 Å². The fraction of sp³-hybridized carbons (Fsp3) is 0.857. The van der Waals surface area contributed by atoms with Gasteiger partial charge in [0.2, 0.25) is 11.8 Å². The van der Waals surface area contributed by atoms with E-state index in [-0.39, 0.29) is 23.9 Å². The monoisotopic (exact) mass is 252 g/mol. The molecule has 1 unspecified atom stereocenters. The molecule has 1 heterocycles. The molecule has 102 valence electrons. The summed E-state index contributed by atoms with van der Waals surface area (Å²) in [7, 11) is 0. The SMILES string of the molecule is CCCCCNC1CC(=O)N(C2CCCC2)C1=O. The first kappa shape index (κ1) is 13.5. The molecular formula is C14H24N2O2. The summed E-state index contributed by atoms with van der Waals surface area (Å²) >= 11 is 0. The summed E-state index contributed by atoms with van der Waals surface area (Å²) in [6.45, 7) is 3.00.